The number of thioether (sulfide) groups is 1. The van der Waals surface area contributed by atoms with Crippen LogP contribution in [0.25, 0.3) is 26.6 Å². The number of nitrogens with zero attached hydrogens (tertiary/aromatic N) is 5. The largest absolute Gasteiger partial charge is 0.325 e. The Bertz CT molecular complexity index is 1430. The summed E-state index contributed by atoms with van der Waals surface area (Å²) in [5, 5.41) is 18.1. The predicted octanol–water partition coefficient (Wildman–Crippen LogP) is 5.23. The van der Waals surface area contributed by atoms with Crippen molar-refractivity contribution in [3.8, 4) is 16.4 Å². The van der Waals surface area contributed by atoms with Crippen LogP contribution >= 0.6 is 23.1 Å². The molecule has 0 saturated carbocycles. The highest BCUT2D eigenvalue weighted by molar-refractivity contribution is 7.99. The van der Waals surface area contributed by atoms with Gasteiger partial charge in [-0.3, -0.25) is 4.79 Å². The zero-order chi connectivity index (χ0) is 22.9. The first kappa shape index (κ1) is 21.4. The molecule has 0 spiro atoms. The molecule has 7 nitrogen and oxygen atoms in total. The van der Waals surface area contributed by atoms with Gasteiger partial charge in [0.1, 0.15) is 4.83 Å². The van der Waals surface area contributed by atoms with E-state index in [1.54, 1.807) is 11.3 Å². The van der Waals surface area contributed by atoms with Gasteiger partial charge in [0.15, 0.2) is 11.0 Å². The van der Waals surface area contributed by atoms with Crippen molar-refractivity contribution < 1.29 is 4.79 Å². The van der Waals surface area contributed by atoms with Crippen LogP contribution in [0.4, 0.5) is 5.69 Å². The normalized spacial score (nSPS) is 11.2. The average Bonchev–Trinajstić information content (AvgIpc) is 3.49. The number of hydrogen-bond donors (Lipinski definition) is 1. The van der Waals surface area contributed by atoms with Crippen LogP contribution in [-0.4, -0.2) is 36.2 Å². The van der Waals surface area contributed by atoms with Gasteiger partial charge in [-0.25, -0.2) is 4.68 Å². The van der Waals surface area contributed by atoms with Gasteiger partial charge in [0.2, 0.25) is 5.91 Å². The molecule has 166 valence electrons. The Morgan fingerprint density at radius 1 is 1.06 bits per heavy atom. The zero-order valence-corrected chi connectivity index (χ0v) is 20.1. The summed E-state index contributed by atoms with van der Waals surface area (Å²) < 4.78 is 3.91. The van der Waals surface area contributed by atoms with E-state index in [-0.39, 0.29) is 11.7 Å². The third-order valence-corrected chi connectivity index (χ3v) is 7.40. The molecule has 1 amide bonds. The van der Waals surface area contributed by atoms with Crippen molar-refractivity contribution in [1.29, 1.82) is 0 Å². The molecular formula is C24H22N6OS2. The first-order chi connectivity index (χ1) is 16.0. The number of aryl methyl sites for hydroxylation is 2. The third kappa shape index (κ3) is 4.29. The van der Waals surface area contributed by atoms with Crippen molar-refractivity contribution >= 4 is 44.9 Å². The summed E-state index contributed by atoms with van der Waals surface area (Å²) >= 11 is 3.01. The quantitative estimate of drug-likeness (QED) is 0.341. The van der Waals surface area contributed by atoms with Crippen molar-refractivity contribution in [1.82, 2.24) is 24.5 Å². The number of nitrogens with one attached hydrogen (secondary N) is 1. The Labute approximate surface area is 199 Å². The number of amides is 1. The summed E-state index contributed by atoms with van der Waals surface area (Å²) in [6.45, 7) is 4.03. The minimum absolute atomic E-state index is 0.0751. The maximum Gasteiger partial charge on any atom is 0.234 e. The molecule has 0 aliphatic carbocycles. The van der Waals surface area contributed by atoms with Gasteiger partial charge in [-0.05, 0) is 44.2 Å². The summed E-state index contributed by atoms with van der Waals surface area (Å²) in [5.74, 6) is 0.958. The number of rotatable bonds is 6. The Hall–Kier alpha value is -3.43. The van der Waals surface area contributed by atoms with Gasteiger partial charge >= 0.3 is 0 Å². The van der Waals surface area contributed by atoms with Gasteiger partial charge in [-0.2, -0.15) is 5.10 Å². The van der Waals surface area contributed by atoms with Crippen LogP contribution in [-0.2, 0) is 11.8 Å². The fourth-order valence-electron chi connectivity index (χ4n) is 3.52. The molecule has 0 saturated heterocycles. The zero-order valence-electron chi connectivity index (χ0n) is 18.4. The van der Waals surface area contributed by atoms with Crippen molar-refractivity contribution in [3.05, 3.63) is 71.9 Å². The van der Waals surface area contributed by atoms with E-state index >= 15 is 0 Å². The number of aromatic nitrogens is 5. The van der Waals surface area contributed by atoms with E-state index in [0.29, 0.717) is 5.16 Å². The summed E-state index contributed by atoms with van der Waals surface area (Å²) in [6.07, 6.45) is 0. The second-order valence-electron chi connectivity index (χ2n) is 7.73. The molecule has 0 fully saturated rings. The number of hydrogen-bond acceptors (Lipinski definition) is 6. The molecule has 5 aromatic rings. The van der Waals surface area contributed by atoms with E-state index in [1.807, 2.05) is 84.7 Å². The molecule has 0 bridgehead atoms. The molecule has 3 heterocycles. The maximum absolute atomic E-state index is 12.4. The monoisotopic (exact) mass is 474 g/mol. The van der Waals surface area contributed by atoms with Gasteiger partial charge in [-0.1, -0.05) is 47.7 Å². The summed E-state index contributed by atoms with van der Waals surface area (Å²) in [4.78, 5) is 14.4. The SMILES string of the molecule is Cc1ccc(NC(=O)CSc2nnc(-c3cc4c(C)nn(-c5ccccc5)c4s3)n2C)cc1. The first-order valence-corrected chi connectivity index (χ1v) is 12.2. The van der Waals surface area contributed by atoms with E-state index < -0.39 is 0 Å². The van der Waals surface area contributed by atoms with Crippen molar-refractivity contribution in [2.75, 3.05) is 11.1 Å². The number of anilines is 1. The molecular weight excluding hydrogens is 452 g/mol. The number of para-hydroxylation sites is 1. The van der Waals surface area contributed by atoms with E-state index in [9.17, 15) is 4.79 Å². The molecule has 5 rings (SSSR count). The van der Waals surface area contributed by atoms with Crippen LogP contribution in [0.5, 0.6) is 0 Å². The van der Waals surface area contributed by atoms with Crippen LogP contribution in [0.2, 0.25) is 0 Å². The lowest BCUT2D eigenvalue weighted by Gasteiger charge is -2.05. The molecule has 0 radical (unpaired) electrons. The second kappa shape index (κ2) is 8.84. The second-order valence-corrected chi connectivity index (χ2v) is 9.70. The lowest BCUT2D eigenvalue weighted by molar-refractivity contribution is -0.113. The van der Waals surface area contributed by atoms with Crippen LogP contribution in [0, 0.1) is 13.8 Å². The van der Waals surface area contributed by atoms with E-state index in [4.69, 9.17) is 5.10 Å². The van der Waals surface area contributed by atoms with Crippen molar-refractivity contribution in [2.45, 2.75) is 19.0 Å². The summed E-state index contributed by atoms with van der Waals surface area (Å²) in [6, 6.07) is 20.0. The van der Waals surface area contributed by atoms with E-state index in [0.717, 1.165) is 43.6 Å². The minimum atomic E-state index is -0.0751. The number of carbonyl (C=O) groups is 1. The Kier molecular flexibility index (Phi) is 5.74. The number of thiophene rings is 1. The highest BCUT2D eigenvalue weighted by Crippen LogP contribution is 2.36. The smallest absolute Gasteiger partial charge is 0.234 e. The van der Waals surface area contributed by atoms with Crippen LogP contribution < -0.4 is 5.32 Å². The van der Waals surface area contributed by atoms with E-state index in [1.165, 1.54) is 11.8 Å². The lowest BCUT2D eigenvalue weighted by Crippen LogP contribution is -2.14. The molecule has 0 unspecified atom stereocenters. The van der Waals surface area contributed by atoms with Gasteiger partial charge in [0.25, 0.3) is 0 Å². The van der Waals surface area contributed by atoms with Gasteiger partial charge < -0.3 is 9.88 Å². The molecule has 0 atom stereocenters. The highest BCUT2D eigenvalue weighted by Gasteiger charge is 2.19. The van der Waals surface area contributed by atoms with Gasteiger partial charge in [0.05, 0.1) is 22.0 Å². The van der Waals surface area contributed by atoms with Crippen molar-refractivity contribution in [2.24, 2.45) is 7.05 Å². The fourth-order valence-corrected chi connectivity index (χ4v) is 5.44. The number of carbonyl (C=O) groups excluding carboxylic acids is 1. The van der Waals surface area contributed by atoms with Crippen molar-refractivity contribution in [3.63, 3.8) is 0 Å². The minimum Gasteiger partial charge on any atom is -0.325 e. The first-order valence-electron chi connectivity index (χ1n) is 10.4. The molecule has 1 N–H and O–H groups in total. The fraction of sp³-hybridized carbons (Fsp3) is 0.167. The average molecular weight is 475 g/mol. The molecule has 2 aromatic carbocycles. The molecule has 3 aromatic heterocycles. The molecule has 0 aliphatic rings. The third-order valence-electron chi connectivity index (χ3n) is 5.27. The Morgan fingerprint density at radius 3 is 2.58 bits per heavy atom. The Morgan fingerprint density at radius 2 is 1.82 bits per heavy atom. The number of benzene rings is 2. The van der Waals surface area contributed by atoms with Gasteiger partial charge in [-0.15, -0.1) is 21.5 Å². The lowest BCUT2D eigenvalue weighted by atomic mass is 10.2. The molecule has 33 heavy (non-hydrogen) atoms. The van der Waals surface area contributed by atoms with E-state index in [2.05, 4.69) is 21.6 Å². The predicted molar refractivity (Wildman–Crippen MR) is 134 cm³/mol. The number of fused-ring (bicyclic) bond motifs is 1. The standard InChI is InChI=1S/C24H22N6OS2/c1-15-9-11-17(12-10-15)25-21(31)14-32-24-27-26-22(29(24)3)20-13-19-16(2)28-30(23(19)33-20)18-7-5-4-6-8-18/h4-13H,14H2,1-3H3,(H,25,31). The van der Waals surface area contributed by atoms with Crippen LogP contribution in [0.3, 0.4) is 0 Å². The summed E-state index contributed by atoms with van der Waals surface area (Å²) in [5.41, 5.74) is 3.94. The molecule has 9 heteroatoms. The topological polar surface area (TPSA) is 77.6 Å². The maximum atomic E-state index is 12.4. The summed E-state index contributed by atoms with van der Waals surface area (Å²) in [7, 11) is 1.93. The molecule has 0 aliphatic heterocycles. The van der Waals surface area contributed by atoms with Crippen LogP contribution in [0.1, 0.15) is 11.3 Å². The van der Waals surface area contributed by atoms with Gasteiger partial charge in [0, 0.05) is 18.1 Å². The highest BCUT2D eigenvalue weighted by atomic mass is 32.2. The Balaban J connectivity index is 1.34. The van der Waals surface area contributed by atoms with Crippen LogP contribution in [0.15, 0.2) is 65.8 Å².